The number of nitrogens with zero attached hydrogens (tertiary/aromatic N) is 4. The molecule has 1 fully saturated rings. The van der Waals surface area contributed by atoms with Gasteiger partial charge in [0, 0.05) is 19.5 Å². The van der Waals surface area contributed by atoms with Gasteiger partial charge in [-0.3, -0.25) is 14.3 Å². The SMILES string of the molecule is CCC1(C(=O)O)CCN(C(=O)CCn2cncn2)CC1. The zero-order valence-corrected chi connectivity index (χ0v) is 11.7. The highest BCUT2D eigenvalue weighted by Crippen LogP contribution is 2.35. The van der Waals surface area contributed by atoms with Crippen molar-refractivity contribution in [1.82, 2.24) is 19.7 Å². The van der Waals surface area contributed by atoms with Gasteiger partial charge in [-0.15, -0.1) is 0 Å². The van der Waals surface area contributed by atoms with Crippen LogP contribution in [0.1, 0.15) is 32.6 Å². The Labute approximate surface area is 117 Å². The predicted octanol–water partition coefficient (Wildman–Crippen LogP) is 0.772. The summed E-state index contributed by atoms with van der Waals surface area (Å²) < 4.78 is 1.62. The van der Waals surface area contributed by atoms with Crippen molar-refractivity contribution in [3.05, 3.63) is 12.7 Å². The Morgan fingerprint density at radius 3 is 2.55 bits per heavy atom. The molecule has 1 aromatic heterocycles. The zero-order chi connectivity index (χ0) is 14.6. The number of amides is 1. The van der Waals surface area contributed by atoms with Crippen LogP contribution in [0, 0.1) is 5.41 Å². The first-order valence-electron chi connectivity index (χ1n) is 6.91. The molecule has 0 aliphatic carbocycles. The van der Waals surface area contributed by atoms with Gasteiger partial charge in [-0.1, -0.05) is 6.92 Å². The van der Waals surface area contributed by atoms with Gasteiger partial charge >= 0.3 is 5.97 Å². The number of hydrogen-bond donors (Lipinski definition) is 1. The lowest BCUT2D eigenvalue weighted by Crippen LogP contribution is -2.46. The number of piperidine rings is 1. The van der Waals surface area contributed by atoms with E-state index in [0.29, 0.717) is 45.3 Å². The number of carbonyl (C=O) groups is 2. The van der Waals surface area contributed by atoms with E-state index in [4.69, 9.17) is 0 Å². The Kier molecular flexibility index (Phi) is 4.36. The van der Waals surface area contributed by atoms with Gasteiger partial charge in [0.15, 0.2) is 0 Å². The molecular weight excluding hydrogens is 260 g/mol. The lowest BCUT2D eigenvalue weighted by Gasteiger charge is -2.38. The van der Waals surface area contributed by atoms with E-state index in [2.05, 4.69) is 10.1 Å². The van der Waals surface area contributed by atoms with E-state index in [0.717, 1.165) is 0 Å². The van der Waals surface area contributed by atoms with Crippen molar-refractivity contribution in [3.8, 4) is 0 Å². The second kappa shape index (κ2) is 6.02. The Bertz CT molecular complexity index is 464. The summed E-state index contributed by atoms with van der Waals surface area (Å²) in [4.78, 5) is 29.0. The molecular formula is C13H20N4O3. The molecule has 1 aromatic rings. The molecule has 0 aromatic carbocycles. The van der Waals surface area contributed by atoms with Crippen LogP contribution in [0.15, 0.2) is 12.7 Å². The van der Waals surface area contributed by atoms with E-state index in [9.17, 15) is 14.7 Å². The molecule has 0 spiro atoms. The van der Waals surface area contributed by atoms with Crippen LogP contribution in [0.4, 0.5) is 0 Å². The van der Waals surface area contributed by atoms with E-state index >= 15 is 0 Å². The van der Waals surface area contributed by atoms with E-state index in [1.54, 1.807) is 15.9 Å². The van der Waals surface area contributed by atoms with Crippen molar-refractivity contribution in [2.75, 3.05) is 13.1 Å². The predicted molar refractivity (Wildman–Crippen MR) is 70.8 cm³/mol. The maximum atomic E-state index is 12.1. The maximum Gasteiger partial charge on any atom is 0.309 e. The Balaban J connectivity index is 1.84. The molecule has 1 amide bonds. The summed E-state index contributed by atoms with van der Waals surface area (Å²) in [5, 5.41) is 13.3. The molecule has 0 unspecified atom stereocenters. The van der Waals surface area contributed by atoms with Crippen LogP contribution < -0.4 is 0 Å². The Morgan fingerprint density at radius 2 is 2.05 bits per heavy atom. The quantitative estimate of drug-likeness (QED) is 0.860. The molecule has 0 saturated carbocycles. The average molecular weight is 280 g/mol. The van der Waals surface area contributed by atoms with Crippen LogP contribution in [-0.2, 0) is 16.1 Å². The van der Waals surface area contributed by atoms with Crippen LogP contribution in [0.2, 0.25) is 0 Å². The number of carbonyl (C=O) groups excluding carboxylic acids is 1. The Morgan fingerprint density at radius 1 is 1.35 bits per heavy atom. The number of carboxylic acids is 1. The highest BCUT2D eigenvalue weighted by molar-refractivity contribution is 5.78. The molecule has 110 valence electrons. The smallest absolute Gasteiger partial charge is 0.309 e. The Hall–Kier alpha value is -1.92. The van der Waals surface area contributed by atoms with E-state index in [1.165, 1.54) is 6.33 Å². The minimum Gasteiger partial charge on any atom is -0.481 e. The van der Waals surface area contributed by atoms with Crippen molar-refractivity contribution >= 4 is 11.9 Å². The normalized spacial score (nSPS) is 17.9. The summed E-state index contributed by atoms with van der Waals surface area (Å²) >= 11 is 0. The first-order valence-corrected chi connectivity index (χ1v) is 6.91. The summed E-state index contributed by atoms with van der Waals surface area (Å²) in [6.45, 7) is 3.45. The average Bonchev–Trinajstić information content (AvgIpc) is 2.98. The topological polar surface area (TPSA) is 88.3 Å². The fourth-order valence-corrected chi connectivity index (χ4v) is 2.62. The van der Waals surface area contributed by atoms with Gasteiger partial charge in [-0.25, -0.2) is 4.98 Å². The summed E-state index contributed by atoms with van der Waals surface area (Å²) in [7, 11) is 0. The molecule has 1 aliphatic heterocycles. The molecule has 1 N–H and O–H groups in total. The van der Waals surface area contributed by atoms with Gasteiger partial charge in [0.2, 0.25) is 5.91 Å². The molecule has 7 nitrogen and oxygen atoms in total. The van der Waals surface area contributed by atoms with Crippen molar-refractivity contribution in [2.24, 2.45) is 5.41 Å². The van der Waals surface area contributed by atoms with Gasteiger partial charge in [0.25, 0.3) is 0 Å². The molecule has 1 aliphatic rings. The number of likely N-dealkylation sites (tertiary alicyclic amines) is 1. The molecule has 2 heterocycles. The van der Waals surface area contributed by atoms with E-state index < -0.39 is 11.4 Å². The fourth-order valence-electron chi connectivity index (χ4n) is 2.62. The van der Waals surface area contributed by atoms with Crippen LogP contribution >= 0.6 is 0 Å². The van der Waals surface area contributed by atoms with Crippen molar-refractivity contribution in [1.29, 1.82) is 0 Å². The molecule has 1 saturated heterocycles. The monoisotopic (exact) mass is 280 g/mol. The maximum absolute atomic E-state index is 12.1. The number of rotatable bonds is 5. The third-order valence-electron chi connectivity index (χ3n) is 4.23. The molecule has 0 bridgehead atoms. The van der Waals surface area contributed by atoms with Crippen LogP contribution in [-0.4, -0.2) is 49.7 Å². The second-order valence-corrected chi connectivity index (χ2v) is 5.23. The highest BCUT2D eigenvalue weighted by atomic mass is 16.4. The van der Waals surface area contributed by atoms with Gasteiger partial charge < -0.3 is 10.0 Å². The molecule has 20 heavy (non-hydrogen) atoms. The minimum atomic E-state index is -0.741. The van der Waals surface area contributed by atoms with Gasteiger partial charge in [0.05, 0.1) is 12.0 Å². The first kappa shape index (κ1) is 14.5. The third-order valence-corrected chi connectivity index (χ3v) is 4.23. The summed E-state index contributed by atoms with van der Waals surface area (Å²) in [5.41, 5.74) is -0.650. The minimum absolute atomic E-state index is 0.0515. The lowest BCUT2D eigenvalue weighted by atomic mass is 9.76. The van der Waals surface area contributed by atoms with E-state index in [-0.39, 0.29) is 5.91 Å². The van der Waals surface area contributed by atoms with Gasteiger partial charge in [-0.2, -0.15) is 5.10 Å². The third kappa shape index (κ3) is 2.97. The number of carboxylic acid groups (broad SMARTS) is 1. The summed E-state index contributed by atoms with van der Waals surface area (Å²) in [5.74, 6) is -0.690. The van der Waals surface area contributed by atoms with E-state index in [1.807, 2.05) is 6.92 Å². The van der Waals surface area contributed by atoms with Gasteiger partial charge in [-0.05, 0) is 19.3 Å². The number of aromatic nitrogens is 3. The number of hydrogen-bond acceptors (Lipinski definition) is 4. The van der Waals surface area contributed by atoms with Crippen LogP contribution in [0.5, 0.6) is 0 Å². The molecule has 2 rings (SSSR count). The second-order valence-electron chi connectivity index (χ2n) is 5.23. The standard InChI is InChI=1S/C13H20N4O3/c1-2-13(12(19)20)4-7-16(8-5-13)11(18)3-6-17-10-14-9-15-17/h9-10H,2-8H2,1H3,(H,19,20). The van der Waals surface area contributed by atoms with Crippen LogP contribution in [0.25, 0.3) is 0 Å². The van der Waals surface area contributed by atoms with Crippen molar-refractivity contribution in [3.63, 3.8) is 0 Å². The van der Waals surface area contributed by atoms with Crippen molar-refractivity contribution in [2.45, 2.75) is 39.2 Å². The fraction of sp³-hybridized carbons (Fsp3) is 0.692. The van der Waals surface area contributed by atoms with Crippen molar-refractivity contribution < 1.29 is 14.7 Å². The molecule has 0 radical (unpaired) electrons. The highest BCUT2D eigenvalue weighted by Gasteiger charge is 2.40. The largest absolute Gasteiger partial charge is 0.481 e. The zero-order valence-electron chi connectivity index (χ0n) is 11.7. The van der Waals surface area contributed by atoms with Gasteiger partial charge in [0.1, 0.15) is 12.7 Å². The first-order chi connectivity index (χ1) is 9.57. The summed E-state index contributed by atoms with van der Waals surface area (Å²) in [6, 6.07) is 0. The number of aliphatic carboxylic acids is 1. The van der Waals surface area contributed by atoms with Crippen LogP contribution in [0.3, 0.4) is 0 Å². The molecule has 0 atom stereocenters. The summed E-state index contributed by atoms with van der Waals surface area (Å²) in [6.07, 6.45) is 5.07. The number of aryl methyl sites for hydroxylation is 1. The lowest BCUT2D eigenvalue weighted by molar-refractivity contribution is -0.154. The molecule has 7 heteroatoms.